The van der Waals surface area contributed by atoms with E-state index in [0.717, 1.165) is 60.8 Å². The van der Waals surface area contributed by atoms with Crippen molar-refractivity contribution in [2.75, 3.05) is 0 Å². The van der Waals surface area contributed by atoms with Gasteiger partial charge >= 0.3 is 0 Å². The Morgan fingerprint density at radius 2 is 1.57 bits per heavy atom. The summed E-state index contributed by atoms with van der Waals surface area (Å²) in [5.41, 5.74) is 3.93. The molecule has 0 bridgehead atoms. The van der Waals surface area contributed by atoms with E-state index in [0.29, 0.717) is 0 Å². The van der Waals surface area contributed by atoms with E-state index in [9.17, 15) is 10.2 Å². The lowest BCUT2D eigenvalue weighted by molar-refractivity contribution is 0.0886. The van der Waals surface area contributed by atoms with Crippen molar-refractivity contribution < 1.29 is 10.2 Å². The van der Waals surface area contributed by atoms with Crippen LogP contribution in [0.5, 0.6) is 0 Å². The van der Waals surface area contributed by atoms with Crippen molar-refractivity contribution in [1.29, 1.82) is 0 Å². The van der Waals surface area contributed by atoms with Gasteiger partial charge in [-0.3, -0.25) is 0 Å². The molecular formula is C26H37O2. The van der Waals surface area contributed by atoms with Crippen LogP contribution in [0, 0.1) is 6.07 Å². The molecule has 2 unspecified atom stereocenters. The van der Waals surface area contributed by atoms with Gasteiger partial charge in [0.15, 0.2) is 0 Å². The summed E-state index contributed by atoms with van der Waals surface area (Å²) in [6.07, 6.45) is 6.42. The quantitative estimate of drug-likeness (QED) is 0.431. The van der Waals surface area contributed by atoms with E-state index in [1.54, 1.807) is 0 Å². The smallest absolute Gasteiger partial charge is 0.0790 e. The number of benzene rings is 2. The van der Waals surface area contributed by atoms with Gasteiger partial charge in [0, 0.05) is 5.41 Å². The van der Waals surface area contributed by atoms with E-state index in [-0.39, 0.29) is 17.6 Å². The van der Waals surface area contributed by atoms with Crippen molar-refractivity contribution in [3.63, 3.8) is 0 Å². The molecular weight excluding hydrogens is 344 g/mol. The van der Waals surface area contributed by atoms with Crippen LogP contribution in [0.25, 0.3) is 11.1 Å². The molecule has 2 aromatic carbocycles. The van der Waals surface area contributed by atoms with Crippen LogP contribution in [-0.4, -0.2) is 16.3 Å². The summed E-state index contributed by atoms with van der Waals surface area (Å²) < 4.78 is 0. The molecule has 0 amide bonds. The minimum absolute atomic E-state index is 0.298. The Bertz CT molecular complexity index is 703. The molecule has 0 aliphatic heterocycles. The van der Waals surface area contributed by atoms with Gasteiger partial charge in [0.25, 0.3) is 0 Å². The highest BCUT2D eigenvalue weighted by Crippen LogP contribution is 2.33. The van der Waals surface area contributed by atoms with Crippen molar-refractivity contribution in [3.05, 3.63) is 59.7 Å². The van der Waals surface area contributed by atoms with E-state index in [1.807, 2.05) is 18.2 Å². The Balaban J connectivity index is 2.15. The summed E-state index contributed by atoms with van der Waals surface area (Å²) in [4.78, 5) is 0. The van der Waals surface area contributed by atoms with Gasteiger partial charge in [-0.2, -0.15) is 0 Å². The van der Waals surface area contributed by atoms with Crippen LogP contribution >= 0.6 is 0 Å². The number of aliphatic hydroxyl groups excluding tert-OH is 2. The van der Waals surface area contributed by atoms with E-state index in [4.69, 9.17) is 0 Å². The monoisotopic (exact) mass is 381 g/mol. The van der Waals surface area contributed by atoms with Crippen LogP contribution in [0.2, 0.25) is 0 Å². The second-order valence-corrected chi connectivity index (χ2v) is 8.50. The third kappa shape index (κ3) is 5.93. The van der Waals surface area contributed by atoms with Crippen molar-refractivity contribution in [3.8, 4) is 11.1 Å². The van der Waals surface area contributed by atoms with Crippen molar-refractivity contribution >= 4 is 0 Å². The predicted octanol–water partition coefficient (Wildman–Crippen LogP) is 6.60. The molecule has 2 rings (SSSR count). The zero-order valence-corrected chi connectivity index (χ0v) is 18.0. The predicted molar refractivity (Wildman–Crippen MR) is 118 cm³/mol. The molecule has 2 nitrogen and oxygen atoms in total. The van der Waals surface area contributed by atoms with Gasteiger partial charge in [-0.15, -0.1) is 0 Å². The van der Waals surface area contributed by atoms with Gasteiger partial charge in [0.1, 0.15) is 0 Å². The first-order chi connectivity index (χ1) is 13.4. The molecule has 0 aliphatic rings. The van der Waals surface area contributed by atoms with E-state index >= 15 is 0 Å². The molecule has 0 saturated carbocycles. The molecule has 2 N–H and O–H groups in total. The standard InChI is InChI=1S/C26H37O2/c1-5-7-9-14-25(28)26(3,4)23-12-10-11-22(19-23)20-15-17-21(18-16-20)24(27)13-8-6-2/h10,12,15-19,24-25,27-28H,5-9,13-14H2,1-4H3. The average molecular weight is 382 g/mol. The Morgan fingerprint density at radius 1 is 0.893 bits per heavy atom. The van der Waals surface area contributed by atoms with Crippen LogP contribution in [0.15, 0.2) is 42.5 Å². The summed E-state index contributed by atoms with van der Waals surface area (Å²) >= 11 is 0. The zero-order valence-electron chi connectivity index (χ0n) is 18.0. The molecule has 0 heterocycles. The van der Waals surface area contributed by atoms with Gasteiger partial charge in [-0.25, -0.2) is 0 Å². The zero-order chi connectivity index (χ0) is 20.6. The Labute approximate surface area is 171 Å². The molecule has 1 radical (unpaired) electrons. The topological polar surface area (TPSA) is 40.5 Å². The van der Waals surface area contributed by atoms with Crippen molar-refractivity contribution in [1.82, 2.24) is 0 Å². The van der Waals surface area contributed by atoms with Gasteiger partial charge in [0.2, 0.25) is 0 Å². The van der Waals surface area contributed by atoms with Crippen LogP contribution in [0.1, 0.15) is 89.9 Å². The lowest BCUT2D eigenvalue weighted by atomic mass is 9.77. The number of rotatable bonds is 11. The maximum atomic E-state index is 10.7. The molecule has 0 fully saturated rings. The molecule has 0 aromatic heterocycles. The summed E-state index contributed by atoms with van der Waals surface area (Å²) in [5, 5.41) is 21.0. The van der Waals surface area contributed by atoms with Crippen molar-refractivity contribution in [2.45, 2.75) is 90.3 Å². The highest BCUT2D eigenvalue weighted by Gasteiger charge is 2.29. The highest BCUT2D eigenvalue weighted by molar-refractivity contribution is 5.64. The summed E-state index contributed by atoms with van der Waals surface area (Å²) in [6, 6.07) is 17.6. The van der Waals surface area contributed by atoms with E-state index in [1.165, 1.54) is 6.42 Å². The maximum Gasteiger partial charge on any atom is 0.0790 e. The number of unbranched alkanes of at least 4 members (excludes halogenated alkanes) is 3. The molecule has 2 heteroatoms. The Hall–Kier alpha value is -1.64. The van der Waals surface area contributed by atoms with Gasteiger partial charge < -0.3 is 10.2 Å². The third-order valence-electron chi connectivity index (χ3n) is 5.90. The fourth-order valence-electron chi connectivity index (χ4n) is 3.62. The van der Waals surface area contributed by atoms with Gasteiger partial charge in [0.05, 0.1) is 12.2 Å². The number of hydrogen-bond acceptors (Lipinski definition) is 2. The van der Waals surface area contributed by atoms with E-state index in [2.05, 4.69) is 58.0 Å². The molecule has 0 aliphatic carbocycles. The fourth-order valence-corrected chi connectivity index (χ4v) is 3.62. The fraction of sp³-hybridized carbons (Fsp3) is 0.538. The highest BCUT2D eigenvalue weighted by atomic mass is 16.3. The van der Waals surface area contributed by atoms with Crippen LogP contribution < -0.4 is 0 Å². The third-order valence-corrected chi connectivity index (χ3v) is 5.90. The van der Waals surface area contributed by atoms with E-state index < -0.39 is 0 Å². The Morgan fingerprint density at radius 3 is 2.21 bits per heavy atom. The minimum Gasteiger partial charge on any atom is -0.392 e. The second kappa shape index (κ2) is 10.8. The Kier molecular flexibility index (Phi) is 8.72. The summed E-state index contributed by atoms with van der Waals surface area (Å²) in [5.74, 6) is 0. The molecule has 28 heavy (non-hydrogen) atoms. The first-order valence-corrected chi connectivity index (χ1v) is 10.9. The first-order valence-electron chi connectivity index (χ1n) is 10.9. The van der Waals surface area contributed by atoms with Crippen molar-refractivity contribution in [2.24, 2.45) is 0 Å². The molecule has 0 spiro atoms. The van der Waals surface area contributed by atoms with Crippen LogP contribution in [0.3, 0.4) is 0 Å². The van der Waals surface area contributed by atoms with Crippen LogP contribution in [-0.2, 0) is 5.41 Å². The number of aliphatic hydroxyl groups is 2. The lowest BCUT2D eigenvalue weighted by Crippen LogP contribution is -2.33. The molecule has 2 aromatic rings. The van der Waals surface area contributed by atoms with Gasteiger partial charge in [-0.05, 0) is 47.2 Å². The minimum atomic E-state index is -0.387. The summed E-state index contributed by atoms with van der Waals surface area (Å²) in [6.45, 7) is 8.57. The largest absolute Gasteiger partial charge is 0.392 e. The maximum absolute atomic E-state index is 10.7. The SMILES string of the molecule is CCCCCC(O)C(C)(C)c1cc[c]c(-c2ccc(C(O)CCCC)cc2)c1. The summed E-state index contributed by atoms with van der Waals surface area (Å²) in [7, 11) is 0. The molecule has 2 atom stereocenters. The average Bonchev–Trinajstić information content (AvgIpc) is 2.72. The second-order valence-electron chi connectivity index (χ2n) is 8.50. The lowest BCUT2D eigenvalue weighted by Gasteiger charge is -2.31. The number of hydrogen-bond donors (Lipinski definition) is 2. The first kappa shape index (κ1) is 22.6. The van der Waals surface area contributed by atoms with Crippen LogP contribution in [0.4, 0.5) is 0 Å². The van der Waals surface area contributed by atoms with Gasteiger partial charge in [-0.1, -0.05) is 96.2 Å². The normalized spacial score (nSPS) is 14.1. The molecule has 0 saturated heterocycles. The molecule has 153 valence electrons.